The van der Waals surface area contributed by atoms with E-state index in [1.165, 1.54) is 12.1 Å². The lowest BCUT2D eigenvalue weighted by molar-refractivity contribution is -0.139. The number of aliphatic carboxylic acids is 1. The molecule has 0 aliphatic carbocycles. The fourth-order valence-corrected chi connectivity index (χ4v) is 2.37. The van der Waals surface area contributed by atoms with Crippen LogP contribution in [0.3, 0.4) is 0 Å². The van der Waals surface area contributed by atoms with Crippen LogP contribution in [0.5, 0.6) is 0 Å². The van der Waals surface area contributed by atoms with Gasteiger partial charge in [0.2, 0.25) is 0 Å². The molecule has 1 aromatic carbocycles. The van der Waals surface area contributed by atoms with Crippen LogP contribution < -0.4 is 5.43 Å². The van der Waals surface area contributed by atoms with E-state index in [1.54, 1.807) is 0 Å². The van der Waals surface area contributed by atoms with Crippen LogP contribution in [-0.4, -0.2) is 15.6 Å². The first-order chi connectivity index (χ1) is 9.49. The molecule has 1 atom stereocenters. The second kappa shape index (κ2) is 5.74. The Morgan fingerprint density at radius 2 is 1.70 bits per heavy atom. The van der Waals surface area contributed by atoms with Crippen LogP contribution in [0.2, 0.25) is 0 Å². The lowest BCUT2D eigenvalue weighted by Crippen LogP contribution is -2.22. The topological polar surface area (TPSA) is 59.3 Å². The molecule has 2 aromatic rings. The van der Waals surface area contributed by atoms with Gasteiger partial charge in [-0.3, -0.25) is 9.59 Å². The van der Waals surface area contributed by atoms with E-state index >= 15 is 0 Å². The average molecular weight is 271 g/mol. The number of aromatic nitrogens is 1. The molecule has 1 unspecified atom stereocenters. The molecule has 0 fully saturated rings. The van der Waals surface area contributed by atoms with Crippen molar-refractivity contribution in [1.29, 1.82) is 0 Å². The highest BCUT2D eigenvalue weighted by atomic mass is 16.4. The van der Waals surface area contributed by atoms with Crippen molar-refractivity contribution in [1.82, 2.24) is 4.57 Å². The summed E-state index contributed by atoms with van der Waals surface area (Å²) in [6, 6.07) is 12.2. The van der Waals surface area contributed by atoms with Crippen LogP contribution in [0.1, 0.15) is 22.9 Å². The molecule has 1 heterocycles. The number of hydrogen-bond donors (Lipinski definition) is 1. The summed E-state index contributed by atoms with van der Waals surface area (Å²) in [7, 11) is 0. The predicted molar refractivity (Wildman–Crippen MR) is 77.0 cm³/mol. The summed E-state index contributed by atoms with van der Waals surface area (Å²) in [6.45, 7) is 3.95. The quantitative estimate of drug-likeness (QED) is 0.928. The fourth-order valence-electron chi connectivity index (χ4n) is 2.37. The minimum Gasteiger partial charge on any atom is -0.481 e. The van der Waals surface area contributed by atoms with E-state index in [0.717, 1.165) is 17.0 Å². The first-order valence-corrected chi connectivity index (χ1v) is 6.45. The van der Waals surface area contributed by atoms with Gasteiger partial charge < -0.3 is 9.67 Å². The van der Waals surface area contributed by atoms with E-state index in [4.69, 9.17) is 0 Å². The Hall–Kier alpha value is -2.36. The van der Waals surface area contributed by atoms with Gasteiger partial charge in [0.1, 0.15) is 0 Å². The second-order valence-electron chi connectivity index (χ2n) is 4.89. The van der Waals surface area contributed by atoms with Crippen molar-refractivity contribution in [2.75, 3.05) is 0 Å². The molecule has 0 aliphatic heterocycles. The Morgan fingerprint density at radius 3 is 2.20 bits per heavy atom. The molecule has 0 aliphatic rings. The third kappa shape index (κ3) is 2.96. The van der Waals surface area contributed by atoms with Crippen molar-refractivity contribution in [3.63, 3.8) is 0 Å². The summed E-state index contributed by atoms with van der Waals surface area (Å²) in [5, 5.41) is 9.45. The Morgan fingerprint density at radius 1 is 1.15 bits per heavy atom. The maximum absolute atomic E-state index is 11.5. The molecular formula is C16H17NO3. The van der Waals surface area contributed by atoms with E-state index in [-0.39, 0.29) is 5.43 Å². The molecule has 20 heavy (non-hydrogen) atoms. The summed E-state index contributed by atoms with van der Waals surface area (Å²) >= 11 is 0. The SMILES string of the molecule is Cc1cc(=O)cc(C)n1CC(C(=O)O)c1ccccc1. The number of rotatable bonds is 4. The number of nitrogens with zero attached hydrogens (tertiary/aromatic N) is 1. The Bertz CT molecular complexity index is 648. The largest absolute Gasteiger partial charge is 0.481 e. The molecule has 0 radical (unpaired) electrons. The van der Waals surface area contributed by atoms with Gasteiger partial charge in [0.05, 0.1) is 5.92 Å². The van der Waals surface area contributed by atoms with E-state index < -0.39 is 11.9 Å². The van der Waals surface area contributed by atoms with Gasteiger partial charge in [0.15, 0.2) is 5.43 Å². The number of carboxylic acids is 1. The standard InChI is InChI=1S/C16H17NO3/c1-11-8-14(18)9-12(2)17(11)10-15(16(19)20)13-6-4-3-5-7-13/h3-9,15H,10H2,1-2H3,(H,19,20). The van der Waals surface area contributed by atoms with Gasteiger partial charge >= 0.3 is 5.97 Å². The molecule has 0 amide bonds. The number of aryl methyl sites for hydroxylation is 2. The van der Waals surface area contributed by atoms with Crippen molar-refractivity contribution in [3.8, 4) is 0 Å². The molecular weight excluding hydrogens is 254 g/mol. The van der Waals surface area contributed by atoms with Crippen molar-refractivity contribution in [2.45, 2.75) is 26.3 Å². The highest BCUT2D eigenvalue weighted by Crippen LogP contribution is 2.19. The van der Waals surface area contributed by atoms with Crippen molar-refractivity contribution in [3.05, 3.63) is 69.6 Å². The summed E-state index contributed by atoms with van der Waals surface area (Å²) in [5.41, 5.74) is 2.26. The van der Waals surface area contributed by atoms with E-state index in [0.29, 0.717) is 6.54 Å². The summed E-state index contributed by atoms with van der Waals surface area (Å²) in [5.74, 6) is -1.50. The normalized spacial score (nSPS) is 12.1. The van der Waals surface area contributed by atoms with Crippen molar-refractivity contribution < 1.29 is 9.90 Å². The van der Waals surface area contributed by atoms with Gasteiger partial charge in [-0.2, -0.15) is 0 Å². The zero-order valence-electron chi connectivity index (χ0n) is 11.5. The molecule has 4 heteroatoms. The highest BCUT2D eigenvalue weighted by Gasteiger charge is 2.21. The van der Waals surface area contributed by atoms with E-state index in [9.17, 15) is 14.7 Å². The minimum atomic E-state index is -0.867. The summed E-state index contributed by atoms with van der Waals surface area (Å²) < 4.78 is 1.87. The van der Waals surface area contributed by atoms with Crippen LogP contribution in [-0.2, 0) is 11.3 Å². The average Bonchev–Trinajstić information content (AvgIpc) is 2.38. The van der Waals surface area contributed by atoms with Gasteiger partial charge in [-0.15, -0.1) is 0 Å². The fraction of sp³-hybridized carbons (Fsp3) is 0.250. The van der Waals surface area contributed by atoms with E-state index in [1.807, 2.05) is 48.7 Å². The molecule has 1 aromatic heterocycles. The molecule has 1 N–H and O–H groups in total. The van der Waals surface area contributed by atoms with Gasteiger partial charge in [-0.25, -0.2) is 0 Å². The maximum atomic E-state index is 11.5. The van der Waals surface area contributed by atoms with Crippen LogP contribution >= 0.6 is 0 Å². The number of pyridine rings is 1. The maximum Gasteiger partial charge on any atom is 0.312 e. The zero-order chi connectivity index (χ0) is 14.7. The molecule has 2 rings (SSSR count). The lowest BCUT2D eigenvalue weighted by Gasteiger charge is -2.19. The van der Waals surface area contributed by atoms with Crippen LogP contribution in [0, 0.1) is 13.8 Å². The monoisotopic (exact) mass is 271 g/mol. The molecule has 0 saturated carbocycles. The molecule has 4 nitrogen and oxygen atoms in total. The van der Waals surface area contributed by atoms with Crippen molar-refractivity contribution in [2.24, 2.45) is 0 Å². The second-order valence-corrected chi connectivity index (χ2v) is 4.89. The molecule has 104 valence electrons. The third-order valence-electron chi connectivity index (χ3n) is 3.42. The van der Waals surface area contributed by atoms with Crippen LogP contribution in [0.4, 0.5) is 0 Å². The van der Waals surface area contributed by atoms with E-state index in [2.05, 4.69) is 0 Å². The molecule has 0 bridgehead atoms. The van der Waals surface area contributed by atoms with Crippen LogP contribution in [0.15, 0.2) is 47.3 Å². The Kier molecular flexibility index (Phi) is 4.03. The van der Waals surface area contributed by atoms with Gasteiger partial charge in [-0.05, 0) is 19.4 Å². The number of carboxylic acid groups (broad SMARTS) is 1. The lowest BCUT2D eigenvalue weighted by atomic mass is 9.99. The summed E-state index contributed by atoms with van der Waals surface area (Å²) in [4.78, 5) is 22.9. The first kappa shape index (κ1) is 14.1. The smallest absolute Gasteiger partial charge is 0.312 e. The van der Waals surface area contributed by atoms with Crippen LogP contribution in [0.25, 0.3) is 0 Å². The number of hydrogen-bond acceptors (Lipinski definition) is 2. The Labute approximate surface area is 117 Å². The predicted octanol–water partition coefficient (Wildman–Crippen LogP) is 2.33. The molecule has 0 spiro atoms. The zero-order valence-corrected chi connectivity index (χ0v) is 11.5. The number of carbonyl (C=O) groups is 1. The third-order valence-corrected chi connectivity index (χ3v) is 3.42. The Balaban J connectivity index is 2.40. The summed E-state index contributed by atoms with van der Waals surface area (Å²) in [6.07, 6.45) is 0. The van der Waals surface area contributed by atoms with Gasteiger partial charge in [0.25, 0.3) is 0 Å². The van der Waals surface area contributed by atoms with Gasteiger partial charge in [-0.1, -0.05) is 30.3 Å². The van der Waals surface area contributed by atoms with Gasteiger partial charge in [0, 0.05) is 30.1 Å². The van der Waals surface area contributed by atoms with Crippen molar-refractivity contribution >= 4 is 5.97 Å². The molecule has 0 saturated heterocycles. The minimum absolute atomic E-state index is 0.0529. The first-order valence-electron chi connectivity index (χ1n) is 6.45. The number of benzene rings is 1. The highest BCUT2D eigenvalue weighted by molar-refractivity contribution is 5.76.